The van der Waals surface area contributed by atoms with Crippen molar-refractivity contribution < 1.29 is 31.4 Å². The molecule has 5 heteroatoms. The molecular formula is C19H21BrN2O2. The Morgan fingerprint density at radius 2 is 1.79 bits per heavy atom. The molecule has 1 unspecified atom stereocenters. The Labute approximate surface area is 152 Å². The molecule has 0 bridgehead atoms. The summed E-state index contributed by atoms with van der Waals surface area (Å²) in [6.45, 7) is 2.45. The van der Waals surface area contributed by atoms with Crippen LogP contribution in [0.2, 0.25) is 0 Å². The van der Waals surface area contributed by atoms with Crippen LogP contribution in [0.5, 0.6) is 5.75 Å². The number of methoxy groups -OCH3 is 1. The summed E-state index contributed by atoms with van der Waals surface area (Å²) in [4.78, 5) is 2.06. The number of aryl methyl sites for hydroxylation is 1. The van der Waals surface area contributed by atoms with Crippen LogP contribution in [0.1, 0.15) is 18.9 Å². The normalized spacial score (nSPS) is 21.9. The molecule has 0 spiro atoms. The number of nitrogens with zero attached hydrogens (tertiary/aromatic N) is 2. The molecule has 0 amide bonds. The van der Waals surface area contributed by atoms with Crippen LogP contribution in [-0.4, -0.2) is 34.9 Å². The van der Waals surface area contributed by atoms with E-state index in [2.05, 4.69) is 33.7 Å². The molecule has 2 aliphatic heterocycles. The second kappa shape index (κ2) is 6.22. The van der Waals surface area contributed by atoms with Crippen molar-refractivity contribution in [1.29, 1.82) is 0 Å². The SMILES string of the molecule is COc1ccc(N2C3=[N+](CC2(C)O)c2ccccc2CC3)cc1.[Br-]. The van der Waals surface area contributed by atoms with Crippen LogP contribution in [0.4, 0.5) is 11.4 Å². The van der Waals surface area contributed by atoms with E-state index in [1.54, 1.807) is 7.11 Å². The van der Waals surface area contributed by atoms with Gasteiger partial charge in [-0.2, -0.15) is 4.90 Å². The van der Waals surface area contributed by atoms with Crippen molar-refractivity contribution in [3.05, 3.63) is 54.1 Å². The molecule has 1 N–H and O–H groups in total. The Bertz CT molecular complexity index is 784. The summed E-state index contributed by atoms with van der Waals surface area (Å²) in [5.41, 5.74) is 2.63. The molecule has 1 atom stereocenters. The fourth-order valence-electron chi connectivity index (χ4n) is 3.72. The summed E-state index contributed by atoms with van der Waals surface area (Å²) >= 11 is 0. The third kappa shape index (κ3) is 2.62. The monoisotopic (exact) mass is 388 g/mol. The number of amidine groups is 1. The summed E-state index contributed by atoms with van der Waals surface area (Å²) in [6.07, 6.45) is 1.93. The van der Waals surface area contributed by atoms with Gasteiger partial charge in [0.2, 0.25) is 5.72 Å². The van der Waals surface area contributed by atoms with Crippen LogP contribution in [-0.2, 0) is 6.42 Å². The minimum atomic E-state index is -0.929. The first-order valence-corrected chi connectivity index (χ1v) is 7.98. The topological polar surface area (TPSA) is 35.7 Å². The predicted molar refractivity (Wildman–Crippen MR) is 90.7 cm³/mol. The zero-order chi connectivity index (χ0) is 16.0. The van der Waals surface area contributed by atoms with Crippen molar-refractivity contribution in [2.75, 3.05) is 18.6 Å². The first-order valence-electron chi connectivity index (χ1n) is 7.98. The van der Waals surface area contributed by atoms with Crippen molar-refractivity contribution >= 4 is 17.2 Å². The lowest BCUT2D eigenvalue weighted by Crippen LogP contribution is -3.00. The molecule has 24 heavy (non-hydrogen) atoms. The van der Waals surface area contributed by atoms with Gasteiger partial charge in [-0.25, -0.2) is 4.58 Å². The number of para-hydroxylation sites is 1. The van der Waals surface area contributed by atoms with Gasteiger partial charge in [-0.3, -0.25) is 0 Å². The Hall–Kier alpha value is -1.85. The van der Waals surface area contributed by atoms with E-state index in [1.165, 1.54) is 17.1 Å². The lowest BCUT2D eigenvalue weighted by molar-refractivity contribution is -0.450. The Morgan fingerprint density at radius 1 is 1.08 bits per heavy atom. The van der Waals surface area contributed by atoms with Crippen molar-refractivity contribution in [1.82, 2.24) is 0 Å². The number of benzene rings is 2. The van der Waals surface area contributed by atoms with Crippen molar-refractivity contribution in [3.63, 3.8) is 0 Å². The summed E-state index contributed by atoms with van der Waals surface area (Å²) < 4.78 is 7.49. The van der Waals surface area contributed by atoms with Gasteiger partial charge in [-0.15, -0.1) is 0 Å². The van der Waals surface area contributed by atoms with Gasteiger partial charge in [0.05, 0.1) is 13.5 Å². The molecule has 0 aliphatic carbocycles. The van der Waals surface area contributed by atoms with Gasteiger partial charge < -0.3 is 26.8 Å². The third-order valence-corrected chi connectivity index (χ3v) is 4.74. The predicted octanol–water partition coefficient (Wildman–Crippen LogP) is -0.0834. The van der Waals surface area contributed by atoms with Crippen molar-refractivity contribution in [2.45, 2.75) is 25.5 Å². The number of halogens is 1. The molecule has 2 aromatic carbocycles. The lowest BCUT2D eigenvalue weighted by atomic mass is 10.0. The maximum absolute atomic E-state index is 11.0. The average molecular weight is 389 g/mol. The van der Waals surface area contributed by atoms with E-state index in [1.807, 2.05) is 31.2 Å². The maximum Gasteiger partial charge on any atom is 0.260 e. The minimum Gasteiger partial charge on any atom is -1.00 e. The molecule has 2 heterocycles. The fourth-order valence-corrected chi connectivity index (χ4v) is 3.72. The van der Waals surface area contributed by atoms with Gasteiger partial charge in [-0.1, -0.05) is 18.2 Å². The summed E-state index contributed by atoms with van der Waals surface area (Å²) in [5.74, 6) is 1.99. The van der Waals surface area contributed by atoms with Gasteiger partial charge in [0.15, 0.2) is 6.54 Å². The third-order valence-electron chi connectivity index (χ3n) is 4.74. The molecule has 2 aliphatic rings. The zero-order valence-electron chi connectivity index (χ0n) is 13.9. The van der Waals surface area contributed by atoms with Gasteiger partial charge >= 0.3 is 0 Å². The van der Waals surface area contributed by atoms with Crippen LogP contribution in [0.15, 0.2) is 48.5 Å². The van der Waals surface area contributed by atoms with Crippen molar-refractivity contribution in [2.24, 2.45) is 0 Å². The largest absolute Gasteiger partial charge is 1.00 e. The number of ether oxygens (including phenoxy) is 1. The van der Waals surface area contributed by atoms with Gasteiger partial charge in [-0.05, 0) is 42.3 Å². The molecule has 0 aromatic heterocycles. The van der Waals surface area contributed by atoms with E-state index in [0.29, 0.717) is 6.54 Å². The first-order chi connectivity index (χ1) is 11.1. The molecule has 0 saturated heterocycles. The first kappa shape index (κ1) is 17.0. The lowest BCUT2D eigenvalue weighted by Gasteiger charge is -2.25. The van der Waals surface area contributed by atoms with Crippen LogP contribution in [0.25, 0.3) is 0 Å². The van der Waals surface area contributed by atoms with Crippen LogP contribution >= 0.6 is 0 Å². The number of hydrogen-bond donors (Lipinski definition) is 1. The quantitative estimate of drug-likeness (QED) is 0.730. The highest BCUT2D eigenvalue weighted by atomic mass is 79.9. The number of aliphatic hydroxyl groups is 1. The highest BCUT2D eigenvalue weighted by molar-refractivity contribution is 5.98. The van der Waals surface area contributed by atoms with E-state index in [9.17, 15) is 5.11 Å². The highest BCUT2D eigenvalue weighted by Gasteiger charge is 2.51. The van der Waals surface area contributed by atoms with E-state index in [0.717, 1.165) is 24.3 Å². The second-order valence-corrected chi connectivity index (χ2v) is 6.38. The number of fused-ring (bicyclic) bond motifs is 2. The number of rotatable bonds is 2. The molecular weight excluding hydrogens is 368 g/mol. The van der Waals surface area contributed by atoms with Crippen LogP contribution in [0, 0.1) is 0 Å². The summed E-state index contributed by atoms with van der Waals surface area (Å²) in [6, 6.07) is 16.3. The number of anilines is 1. The Morgan fingerprint density at radius 3 is 2.50 bits per heavy atom. The molecule has 0 saturated carbocycles. The standard InChI is InChI=1S/C19H21N2O2.BrH/c1-19(22)13-20-17-6-4-3-5-14(17)7-12-18(20)21(19)15-8-10-16(23-2)11-9-15;/h3-6,8-11,22H,7,12-13H2,1-2H3;1H/q+1;/p-1. The van der Waals surface area contributed by atoms with E-state index in [4.69, 9.17) is 4.74 Å². The molecule has 126 valence electrons. The van der Waals surface area contributed by atoms with Gasteiger partial charge in [0.25, 0.3) is 5.84 Å². The molecule has 0 radical (unpaired) electrons. The van der Waals surface area contributed by atoms with Gasteiger partial charge in [0.1, 0.15) is 17.1 Å². The van der Waals surface area contributed by atoms with E-state index < -0.39 is 5.72 Å². The van der Waals surface area contributed by atoms with E-state index >= 15 is 0 Å². The van der Waals surface area contributed by atoms with E-state index in [-0.39, 0.29) is 17.0 Å². The molecule has 4 rings (SSSR count). The minimum absolute atomic E-state index is 0. The maximum atomic E-state index is 11.0. The smallest absolute Gasteiger partial charge is 0.260 e. The highest BCUT2D eigenvalue weighted by Crippen LogP contribution is 2.37. The average Bonchev–Trinajstić information content (AvgIpc) is 2.85. The van der Waals surface area contributed by atoms with Crippen LogP contribution in [0.3, 0.4) is 0 Å². The van der Waals surface area contributed by atoms with Crippen LogP contribution < -0.4 is 26.6 Å². The van der Waals surface area contributed by atoms with Gasteiger partial charge in [0, 0.05) is 6.92 Å². The molecule has 2 aromatic rings. The van der Waals surface area contributed by atoms with Crippen molar-refractivity contribution in [3.8, 4) is 5.75 Å². The summed E-state index contributed by atoms with van der Waals surface area (Å²) in [5, 5.41) is 11.0. The molecule has 4 nitrogen and oxygen atoms in total. The summed E-state index contributed by atoms with van der Waals surface area (Å²) in [7, 11) is 1.66. The zero-order valence-corrected chi connectivity index (χ0v) is 15.5. The second-order valence-electron chi connectivity index (χ2n) is 6.38. The molecule has 0 fully saturated rings. The Balaban J connectivity index is 0.00000169. The fraction of sp³-hybridized carbons (Fsp3) is 0.316. The Kier molecular flexibility index (Phi) is 4.40. The number of hydrogen-bond acceptors (Lipinski definition) is 3.